The van der Waals surface area contributed by atoms with Crippen LogP contribution in [-0.2, 0) is 9.59 Å². The number of rotatable bonds is 7. The van der Waals surface area contributed by atoms with E-state index >= 15 is 0 Å². The molecule has 1 heterocycles. The van der Waals surface area contributed by atoms with Gasteiger partial charge in [-0.2, -0.15) is 0 Å². The minimum atomic E-state index is -0.0113. The maximum atomic E-state index is 12.3. The van der Waals surface area contributed by atoms with Gasteiger partial charge < -0.3 is 20.9 Å². The first-order chi connectivity index (χ1) is 12.5. The van der Waals surface area contributed by atoms with E-state index < -0.39 is 0 Å². The van der Waals surface area contributed by atoms with Gasteiger partial charge in [0.05, 0.1) is 6.04 Å². The van der Waals surface area contributed by atoms with Crippen LogP contribution in [0.5, 0.6) is 0 Å². The average Bonchev–Trinajstić information content (AvgIpc) is 3.01. The van der Waals surface area contributed by atoms with Crippen molar-refractivity contribution in [1.82, 2.24) is 16.0 Å². The fourth-order valence-corrected chi connectivity index (χ4v) is 2.79. The van der Waals surface area contributed by atoms with Crippen molar-refractivity contribution < 1.29 is 9.59 Å². The third kappa shape index (κ3) is 7.36. The molecule has 0 aromatic heterocycles. The molecule has 1 aliphatic heterocycles. The van der Waals surface area contributed by atoms with Gasteiger partial charge in [0, 0.05) is 44.7 Å². The molecule has 150 valence electrons. The van der Waals surface area contributed by atoms with E-state index in [9.17, 15) is 9.59 Å². The third-order valence-electron chi connectivity index (χ3n) is 4.42. The standard InChI is InChI=1S/C19H29N5O2.HI/c1-4-14(2)22-17(25)10-11-21-19(20-3)23-15-12-18(26)24(13-15)16-8-6-5-7-9-16;/h5-9,14-15H,4,10-13H2,1-3H3,(H,22,25)(H2,20,21,23);1H. The van der Waals surface area contributed by atoms with Crippen molar-refractivity contribution in [3.63, 3.8) is 0 Å². The van der Waals surface area contributed by atoms with Gasteiger partial charge in [-0.15, -0.1) is 24.0 Å². The number of carbonyl (C=O) groups is 2. The molecule has 1 aromatic rings. The number of hydrogen-bond acceptors (Lipinski definition) is 3. The third-order valence-corrected chi connectivity index (χ3v) is 4.42. The summed E-state index contributed by atoms with van der Waals surface area (Å²) in [7, 11) is 1.68. The fraction of sp³-hybridized carbons (Fsp3) is 0.526. The van der Waals surface area contributed by atoms with Crippen LogP contribution in [0.4, 0.5) is 5.69 Å². The van der Waals surface area contributed by atoms with Gasteiger partial charge in [-0.3, -0.25) is 14.6 Å². The molecule has 0 radical (unpaired) electrons. The van der Waals surface area contributed by atoms with E-state index in [2.05, 4.69) is 20.9 Å². The summed E-state index contributed by atoms with van der Waals surface area (Å²) >= 11 is 0. The van der Waals surface area contributed by atoms with E-state index in [1.54, 1.807) is 11.9 Å². The maximum absolute atomic E-state index is 12.3. The van der Waals surface area contributed by atoms with Crippen LogP contribution in [-0.4, -0.2) is 50.0 Å². The van der Waals surface area contributed by atoms with Gasteiger partial charge in [0.1, 0.15) is 0 Å². The van der Waals surface area contributed by atoms with Crippen molar-refractivity contribution in [1.29, 1.82) is 0 Å². The largest absolute Gasteiger partial charge is 0.356 e. The number of nitrogens with zero attached hydrogens (tertiary/aromatic N) is 2. The van der Waals surface area contributed by atoms with Crippen LogP contribution in [0.3, 0.4) is 0 Å². The molecule has 8 heteroatoms. The molecule has 1 saturated heterocycles. The van der Waals surface area contributed by atoms with Crippen LogP contribution >= 0.6 is 24.0 Å². The zero-order valence-electron chi connectivity index (χ0n) is 16.2. The van der Waals surface area contributed by atoms with Crippen LogP contribution in [0.15, 0.2) is 35.3 Å². The highest BCUT2D eigenvalue weighted by molar-refractivity contribution is 14.0. The lowest BCUT2D eigenvalue weighted by Gasteiger charge is -2.19. The summed E-state index contributed by atoms with van der Waals surface area (Å²) < 4.78 is 0. The second kappa shape index (κ2) is 11.8. The van der Waals surface area contributed by atoms with Crippen molar-refractivity contribution in [2.75, 3.05) is 25.0 Å². The molecular weight excluding hydrogens is 457 g/mol. The predicted octanol–water partition coefficient (Wildman–Crippen LogP) is 1.88. The zero-order chi connectivity index (χ0) is 18.9. The molecule has 2 amide bonds. The predicted molar refractivity (Wildman–Crippen MR) is 120 cm³/mol. The second-order valence-corrected chi connectivity index (χ2v) is 6.51. The molecule has 1 aliphatic rings. The topological polar surface area (TPSA) is 85.8 Å². The number of carbonyl (C=O) groups excluding carboxylic acids is 2. The number of halogens is 1. The molecule has 1 aromatic carbocycles. The molecule has 2 unspecified atom stereocenters. The summed E-state index contributed by atoms with van der Waals surface area (Å²) in [6, 6.07) is 9.83. The molecule has 0 bridgehead atoms. The van der Waals surface area contributed by atoms with Gasteiger partial charge in [0.25, 0.3) is 0 Å². The molecule has 27 heavy (non-hydrogen) atoms. The molecular formula is C19H30IN5O2. The number of benzene rings is 1. The quantitative estimate of drug-likeness (QED) is 0.312. The van der Waals surface area contributed by atoms with Gasteiger partial charge in [-0.25, -0.2) is 0 Å². The number of nitrogens with one attached hydrogen (secondary N) is 3. The van der Waals surface area contributed by atoms with E-state index in [0.717, 1.165) is 12.1 Å². The SMILES string of the molecule is CCC(C)NC(=O)CCNC(=NC)NC1CC(=O)N(c2ccccc2)C1.I. The van der Waals surface area contributed by atoms with Crippen molar-refractivity contribution in [2.45, 2.75) is 45.2 Å². The summed E-state index contributed by atoms with van der Waals surface area (Å²) in [4.78, 5) is 30.0. The summed E-state index contributed by atoms with van der Waals surface area (Å²) in [6.07, 6.45) is 1.71. The molecule has 2 atom stereocenters. The van der Waals surface area contributed by atoms with E-state index in [1.807, 2.05) is 44.2 Å². The van der Waals surface area contributed by atoms with Gasteiger partial charge in [0.15, 0.2) is 5.96 Å². The fourth-order valence-electron chi connectivity index (χ4n) is 2.79. The summed E-state index contributed by atoms with van der Waals surface area (Å²) in [5, 5.41) is 9.34. The van der Waals surface area contributed by atoms with Gasteiger partial charge in [-0.1, -0.05) is 25.1 Å². The van der Waals surface area contributed by atoms with Gasteiger partial charge in [-0.05, 0) is 25.5 Å². The highest BCUT2D eigenvalue weighted by Crippen LogP contribution is 2.20. The number of anilines is 1. The highest BCUT2D eigenvalue weighted by Gasteiger charge is 2.30. The number of para-hydroxylation sites is 1. The molecule has 0 spiro atoms. The number of amides is 2. The van der Waals surface area contributed by atoms with Crippen molar-refractivity contribution in [3.05, 3.63) is 30.3 Å². The Morgan fingerprint density at radius 3 is 2.67 bits per heavy atom. The Labute approximate surface area is 178 Å². The first-order valence-electron chi connectivity index (χ1n) is 9.15. The maximum Gasteiger partial charge on any atom is 0.229 e. The van der Waals surface area contributed by atoms with Crippen molar-refractivity contribution >= 4 is 47.4 Å². The normalized spacial score (nSPS) is 17.9. The smallest absolute Gasteiger partial charge is 0.229 e. The van der Waals surface area contributed by atoms with Crippen LogP contribution < -0.4 is 20.9 Å². The number of aliphatic imine (C=N–C) groups is 1. The monoisotopic (exact) mass is 487 g/mol. The summed E-state index contributed by atoms with van der Waals surface area (Å²) in [6.45, 7) is 5.11. The molecule has 3 N–H and O–H groups in total. The minimum Gasteiger partial charge on any atom is -0.356 e. The molecule has 0 aliphatic carbocycles. The zero-order valence-corrected chi connectivity index (χ0v) is 18.5. The molecule has 2 rings (SSSR count). The van der Waals surface area contributed by atoms with Crippen LogP contribution in [0.1, 0.15) is 33.1 Å². The van der Waals surface area contributed by atoms with Crippen LogP contribution in [0.25, 0.3) is 0 Å². The first kappa shape index (κ1) is 23.2. The average molecular weight is 487 g/mol. The van der Waals surface area contributed by atoms with Gasteiger partial charge >= 0.3 is 0 Å². The summed E-state index contributed by atoms with van der Waals surface area (Å²) in [5.41, 5.74) is 0.909. The van der Waals surface area contributed by atoms with Crippen molar-refractivity contribution in [2.24, 2.45) is 4.99 Å². The Bertz CT molecular complexity index is 638. The Balaban J connectivity index is 0.00000364. The Kier molecular flexibility index (Phi) is 10.1. The lowest BCUT2D eigenvalue weighted by Crippen LogP contribution is -2.45. The van der Waals surface area contributed by atoms with Crippen LogP contribution in [0, 0.1) is 0 Å². The van der Waals surface area contributed by atoms with E-state index in [-0.39, 0.29) is 47.9 Å². The Morgan fingerprint density at radius 1 is 1.33 bits per heavy atom. The van der Waals surface area contributed by atoms with E-state index in [1.165, 1.54) is 0 Å². The van der Waals surface area contributed by atoms with E-state index in [0.29, 0.717) is 31.9 Å². The Morgan fingerprint density at radius 2 is 2.04 bits per heavy atom. The Hall–Kier alpha value is -1.84. The highest BCUT2D eigenvalue weighted by atomic mass is 127. The lowest BCUT2D eigenvalue weighted by atomic mass is 10.2. The summed E-state index contributed by atoms with van der Waals surface area (Å²) in [5.74, 6) is 0.722. The second-order valence-electron chi connectivity index (χ2n) is 6.51. The van der Waals surface area contributed by atoms with E-state index in [4.69, 9.17) is 0 Å². The number of guanidine groups is 1. The molecule has 7 nitrogen and oxygen atoms in total. The lowest BCUT2D eigenvalue weighted by molar-refractivity contribution is -0.121. The van der Waals surface area contributed by atoms with Crippen molar-refractivity contribution in [3.8, 4) is 0 Å². The van der Waals surface area contributed by atoms with Gasteiger partial charge in [0.2, 0.25) is 11.8 Å². The number of hydrogen-bond donors (Lipinski definition) is 3. The molecule has 1 fully saturated rings. The first-order valence-corrected chi connectivity index (χ1v) is 9.15. The molecule has 0 saturated carbocycles. The minimum absolute atomic E-state index is 0. The van der Waals surface area contributed by atoms with Crippen LogP contribution in [0.2, 0.25) is 0 Å².